The average molecular weight is 284 g/mol. The Bertz CT molecular complexity index is 812. The Kier molecular flexibility index (Phi) is 3.16. The van der Waals surface area contributed by atoms with Crippen molar-refractivity contribution in [3.63, 3.8) is 0 Å². The summed E-state index contributed by atoms with van der Waals surface area (Å²) < 4.78 is 0. The molecule has 0 saturated heterocycles. The number of hydrogen-bond acceptors (Lipinski definition) is 4. The predicted molar refractivity (Wildman–Crippen MR) is 77.9 cm³/mol. The number of nitrogens with zero attached hydrogens (tertiary/aromatic N) is 3. The number of fused-ring (bicyclic) bond motifs is 1. The van der Waals surface area contributed by atoms with E-state index in [0.29, 0.717) is 23.4 Å². The van der Waals surface area contributed by atoms with Crippen molar-refractivity contribution in [2.45, 2.75) is 6.92 Å². The third kappa shape index (κ3) is 2.04. The lowest BCUT2D eigenvalue weighted by Crippen LogP contribution is -2.00. The van der Waals surface area contributed by atoms with Crippen molar-refractivity contribution >= 4 is 28.8 Å². The van der Waals surface area contributed by atoms with Crippen LogP contribution in [0.3, 0.4) is 0 Å². The van der Waals surface area contributed by atoms with Gasteiger partial charge >= 0.3 is 0 Å². The first-order chi connectivity index (χ1) is 9.70. The number of benzene rings is 1. The van der Waals surface area contributed by atoms with Crippen LogP contribution in [0.2, 0.25) is 5.15 Å². The molecular weight excluding hydrogens is 274 g/mol. The minimum Gasteiger partial charge on any atom is -0.298 e. The molecule has 0 unspecified atom stereocenters. The zero-order valence-electron chi connectivity index (χ0n) is 10.7. The Morgan fingerprint density at radius 1 is 1.15 bits per heavy atom. The number of aryl methyl sites for hydroxylation is 1. The summed E-state index contributed by atoms with van der Waals surface area (Å²) in [6, 6.07) is 9.48. The van der Waals surface area contributed by atoms with E-state index in [9.17, 15) is 4.79 Å². The van der Waals surface area contributed by atoms with Crippen molar-refractivity contribution in [1.82, 2.24) is 15.0 Å². The molecule has 0 aliphatic carbocycles. The smallest absolute Gasteiger partial charge is 0.155 e. The zero-order chi connectivity index (χ0) is 14.1. The molecule has 0 N–H and O–H groups in total. The summed E-state index contributed by atoms with van der Waals surface area (Å²) in [4.78, 5) is 24.0. The van der Waals surface area contributed by atoms with Crippen LogP contribution < -0.4 is 0 Å². The fraction of sp³-hybridized carbons (Fsp3) is 0.0667. The molecule has 0 amide bonds. The lowest BCUT2D eigenvalue weighted by atomic mass is 10.0. The second kappa shape index (κ2) is 4.98. The van der Waals surface area contributed by atoms with E-state index in [1.807, 2.05) is 30.3 Å². The van der Waals surface area contributed by atoms with E-state index in [1.54, 1.807) is 13.1 Å². The van der Waals surface area contributed by atoms with E-state index in [1.165, 1.54) is 0 Å². The number of aldehydes is 1. The fourth-order valence-corrected chi connectivity index (χ4v) is 2.42. The van der Waals surface area contributed by atoms with Crippen molar-refractivity contribution in [3.8, 4) is 11.3 Å². The number of pyridine rings is 1. The predicted octanol–water partition coefficient (Wildman–Crippen LogP) is 3.47. The average Bonchev–Trinajstić information content (AvgIpc) is 2.46. The third-order valence-electron chi connectivity index (χ3n) is 3.03. The number of rotatable bonds is 2. The van der Waals surface area contributed by atoms with Gasteiger partial charge in [-0.25, -0.2) is 9.97 Å². The molecule has 5 heteroatoms. The molecule has 0 aliphatic rings. The quantitative estimate of drug-likeness (QED) is 0.534. The molecule has 0 spiro atoms. The molecule has 0 radical (unpaired) electrons. The normalized spacial score (nSPS) is 10.7. The Hall–Kier alpha value is -2.33. The minimum atomic E-state index is 0.170. The van der Waals surface area contributed by atoms with Gasteiger partial charge in [-0.15, -0.1) is 0 Å². The Labute approximate surface area is 120 Å². The first-order valence-electron chi connectivity index (χ1n) is 6.04. The van der Waals surface area contributed by atoms with E-state index in [-0.39, 0.29) is 5.15 Å². The van der Waals surface area contributed by atoms with Gasteiger partial charge in [-0.1, -0.05) is 29.8 Å². The summed E-state index contributed by atoms with van der Waals surface area (Å²) in [5.41, 5.74) is 2.50. The van der Waals surface area contributed by atoms with Crippen LogP contribution in [0.5, 0.6) is 0 Å². The number of carbonyl (C=O) groups is 1. The highest BCUT2D eigenvalue weighted by molar-refractivity contribution is 6.32. The number of aromatic nitrogens is 3. The van der Waals surface area contributed by atoms with Gasteiger partial charge in [0.1, 0.15) is 11.0 Å². The van der Waals surface area contributed by atoms with Crippen molar-refractivity contribution in [2.75, 3.05) is 0 Å². The summed E-state index contributed by atoms with van der Waals surface area (Å²) in [5.74, 6) is 0.525. The molecule has 3 rings (SSSR count). The fourth-order valence-electron chi connectivity index (χ4n) is 2.17. The SMILES string of the molecule is Cc1nc(Cl)c(C=O)c(-c2cccc3ncccc23)n1. The van der Waals surface area contributed by atoms with Gasteiger partial charge in [0.2, 0.25) is 0 Å². The van der Waals surface area contributed by atoms with Crippen LogP contribution in [0.4, 0.5) is 0 Å². The topological polar surface area (TPSA) is 55.7 Å². The van der Waals surface area contributed by atoms with Crippen LogP contribution in [0.25, 0.3) is 22.2 Å². The molecule has 0 atom stereocenters. The number of carbonyl (C=O) groups excluding carboxylic acids is 1. The summed E-state index contributed by atoms with van der Waals surface area (Å²) in [7, 11) is 0. The van der Waals surface area contributed by atoms with Crippen molar-refractivity contribution < 1.29 is 4.79 Å². The van der Waals surface area contributed by atoms with E-state index < -0.39 is 0 Å². The largest absolute Gasteiger partial charge is 0.298 e. The van der Waals surface area contributed by atoms with Gasteiger partial charge in [-0.05, 0) is 19.1 Å². The Morgan fingerprint density at radius 3 is 2.80 bits per heavy atom. The summed E-state index contributed by atoms with van der Waals surface area (Å²) in [6.07, 6.45) is 2.41. The lowest BCUT2D eigenvalue weighted by Gasteiger charge is -2.09. The molecule has 1 aromatic carbocycles. The minimum absolute atomic E-state index is 0.170. The second-order valence-corrected chi connectivity index (χ2v) is 4.68. The summed E-state index contributed by atoms with van der Waals surface area (Å²) >= 11 is 6.04. The van der Waals surface area contributed by atoms with Gasteiger partial charge in [-0.3, -0.25) is 9.78 Å². The number of hydrogen-bond donors (Lipinski definition) is 0. The first kappa shape index (κ1) is 12.7. The maximum Gasteiger partial charge on any atom is 0.155 e. The summed E-state index contributed by atoms with van der Waals surface area (Å²) in [5, 5.41) is 1.09. The molecule has 2 heterocycles. The molecule has 0 fully saturated rings. The zero-order valence-corrected chi connectivity index (χ0v) is 11.4. The van der Waals surface area contributed by atoms with Gasteiger partial charge in [0.25, 0.3) is 0 Å². The van der Waals surface area contributed by atoms with Crippen LogP contribution in [0.1, 0.15) is 16.2 Å². The maximum absolute atomic E-state index is 11.3. The van der Waals surface area contributed by atoms with Crippen LogP contribution in [0.15, 0.2) is 36.5 Å². The van der Waals surface area contributed by atoms with Crippen molar-refractivity contribution in [1.29, 1.82) is 0 Å². The van der Waals surface area contributed by atoms with Crippen LogP contribution in [0, 0.1) is 6.92 Å². The third-order valence-corrected chi connectivity index (χ3v) is 3.32. The van der Waals surface area contributed by atoms with Crippen LogP contribution in [-0.4, -0.2) is 21.2 Å². The monoisotopic (exact) mass is 283 g/mol. The molecule has 0 saturated carbocycles. The van der Waals surface area contributed by atoms with Crippen LogP contribution in [-0.2, 0) is 0 Å². The molecule has 0 aliphatic heterocycles. The Balaban J connectivity index is 2.39. The van der Waals surface area contributed by atoms with Gasteiger partial charge in [-0.2, -0.15) is 0 Å². The van der Waals surface area contributed by atoms with Crippen LogP contribution >= 0.6 is 11.6 Å². The molecule has 20 heavy (non-hydrogen) atoms. The van der Waals surface area contributed by atoms with E-state index in [4.69, 9.17) is 11.6 Å². The maximum atomic E-state index is 11.3. The molecule has 3 aromatic rings. The highest BCUT2D eigenvalue weighted by atomic mass is 35.5. The van der Waals surface area contributed by atoms with Crippen molar-refractivity contribution in [2.24, 2.45) is 0 Å². The molecule has 0 bridgehead atoms. The van der Waals surface area contributed by atoms with Gasteiger partial charge in [0.15, 0.2) is 6.29 Å². The first-order valence-corrected chi connectivity index (χ1v) is 6.42. The summed E-state index contributed by atoms with van der Waals surface area (Å²) in [6.45, 7) is 1.74. The highest BCUT2D eigenvalue weighted by Crippen LogP contribution is 2.30. The van der Waals surface area contributed by atoms with Gasteiger partial charge < -0.3 is 0 Å². The van der Waals surface area contributed by atoms with Gasteiger partial charge in [0.05, 0.1) is 16.8 Å². The molecule has 2 aromatic heterocycles. The standard InChI is InChI=1S/C15H10ClN3O/c1-9-18-14(12(8-20)15(16)19-9)11-4-2-6-13-10(11)5-3-7-17-13/h2-8H,1H3. The van der Waals surface area contributed by atoms with Crippen molar-refractivity contribution in [3.05, 3.63) is 53.1 Å². The van der Waals surface area contributed by atoms with E-state index >= 15 is 0 Å². The second-order valence-electron chi connectivity index (χ2n) is 4.32. The molecular formula is C15H10ClN3O. The molecule has 4 nitrogen and oxygen atoms in total. The van der Waals surface area contributed by atoms with E-state index in [0.717, 1.165) is 16.5 Å². The van der Waals surface area contributed by atoms with E-state index in [2.05, 4.69) is 15.0 Å². The Morgan fingerprint density at radius 2 is 2.00 bits per heavy atom. The lowest BCUT2D eigenvalue weighted by molar-refractivity contribution is 0.112. The van der Waals surface area contributed by atoms with Gasteiger partial charge in [0, 0.05) is 17.1 Å². The highest BCUT2D eigenvalue weighted by Gasteiger charge is 2.15. The number of halogens is 1. The molecule has 98 valence electrons.